The van der Waals surface area contributed by atoms with Crippen molar-refractivity contribution in [2.45, 2.75) is 19.9 Å². The van der Waals surface area contributed by atoms with Gasteiger partial charge >= 0.3 is 0 Å². The van der Waals surface area contributed by atoms with Gasteiger partial charge in [0.1, 0.15) is 6.34 Å². The molecule has 0 unspecified atom stereocenters. The van der Waals surface area contributed by atoms with Gasteiger partial charge in [-0.25, -0.2) is 0 Å². The highest BCUT2D eigenvalue weighted by Gasteiger charge is 1.82. The van der Waals surface area contributed by atoms with Crippen molar-refractivity contribution in [3.8, 4) is 0 Å². The first-order valence-electron chi connectivity index (χ1n) is 3.22. The van der Waals surface area contributed by atoms with E-state index in [1.807, 2.05) is 27.9 Å². The second kappa shape index (κ2) is 4.90. The van der Waals surface area contributed by atoms with Gasteiger partial charge in [0.15, 0.2) is 0 Å². The zero-order valence-corrected chi connectivity index (χ0v) is 6.94. The van der Waals surface area contributed by atoms with Gasteiger partial charge in [-0.1, -0.05) is 0 Å². The summed E-state index contributed by atoms with van der Waals surface area (Å²) < 4.78 is 0. The van der Waals surface area contributed by atoms with Gasteiger partial charge in [0.2, 0.25) is 0 Å². The molecular formula is C6H14N4. The van der Waals surface area contributed by atoms with E-state index in [1.165, 1.54) is 0 Å². The monoisotopic (exact) mass is 142 g/mol. The summed E-state index contributed by atoms with van der Waals surface area (Å²) in [6.45, 7) is 3.91. The molecule has 0 aliphatic rings. The lowest BCUT2D eigenvalue weighted by Crippen LogP contribution is -2.06. The highest BCUT2D eigenvalue weighted by Crippen LogP contribution is 1.86. The van der Waals surface area contributed by atoms with Crippen LogP contribution in [-0.4, -0.2) is 31.4 Å². The van der Waals surface area contributed by atoms with Gasteiger partial charge in [-0.05, 0) is 19.1 Å². The Hall–Kier alpha value is -0.930. The van der Waals surface area contributed by atoms with E-state index >= 15 is 0 Å². The largest absolute Gasteiger partial charge is 0.367 e. The zero-order chi connectivity index (χ0) is 7.98. The molecule has 0 rings (SSSR count). The standard InChI is InChI=1S/C6H14N4/c1-6(2)8-9-7-5-10(3)4/h5-6H,1-4H3/b7-5+,9-8?. The quantitative estimate of drug-likeness (QED) is 0.254. The molecule has 58 valence electrons. The Bertz CT molecular complexity index is 110. The topological polar surface area (TPSA) is 40.3 Å². The number of hydrogen-bond donors (Lipinski definition) is 0. The minimum atomic E-state index is 0.222. The van der Waals surface area contributed by atoms with E-state index in [1.54, 1.807) is 11.2 Å². The second-order valence-corrected chi connectivity index (χ2v) is 2.49. The SMILES string of the molecule is CC(C)N=N/N=C/N(C)C. The van der Waals surface area contributed by atoms with Crippen molar-refractivity contribution in [3.05, 3.63) is 0 Å². The lowest BCUT2D eigenvalue weighted by atomic mass is 10.4. The maximum absolute atomic E-state index is 3.80. The number of hydrogen-bond acceptors (Lipinski definition) is 2. The van der Waals surface area contributed by atoms with Crippen LogP contribution in [0, 0.1) is 0 Å². The van der Waals surface area contributed by atoms with E-state index in [0.29, 0.717) is 0 Å². The van der Waals surface area contributed by atoms with Crippen LogP contribution in [0.25, 0.3) is 0 Å². The molecule has 10 heavy (non-hydrogen) atoms. The van der Waals surface area contributed by atoms with Gasteiger partial charge in [0.25, 0.3) is 0 Å². The first kappa shape index (κ1) is 9.07. The Kier molecular flexibility index (Phi) is 4.45. The molecule has 0 aliphatic carbocycles. The molecule has 0 bridgehead atoms. The van der Waals surface area contributed by atoms with Crippen LogP contribution in [0.3, 0.4) is 0 Å². The van der Waals surface area contributed by atoms with Gasteiger partial charge in [-0.3, -0.25) is 0 Å². The molecule has 0 spiro atoms. The molecule has 0 amide bonds. The minimum Gasteiger partial charge on any atom is -0.367 e. The molecule has 0 saturated carbocycles. The van der Waals surface area contributed by atoms with Gasteiger partial charge in [-0.15, -0.1) is 5.10 Å². The first-order valence-corrected chi connectivity index (χ1v) is 3.22. The van der Waals surface area contributed by atoms with Crippen molar-refractivity contribution >= 4 is 6.34 Å². The second-order valence-electron chi connectivity index (χ2n) is 2.49. The fourth-order valence-corrected chi connectivity index (χ4v) is 0.259. The lowest BCUT2D eigenvalue weighted by Gasteiger charge is -1.98. The summed E-state index contributed by atoms with van der Waals surface area (Å²) in [6.07, 6.45) is 1.60. The van der Waals surface area contributed by atoms with Crippen LogP contribution in [0.4, 0.5) is 0 Å². The summed E-state index contributed by atoms with van der Waals surface area (Å²) in [7, 11) is 3.77. The van der Waals surface area contributed by atoms with Crippen molar-refractivity contribution in [2.24, 2.45) is 15.4 Å². The summed E-state index contributed by atoms with van der Waals surface area (Å²) in [4.78, 5) is 1.80. The predicted octanol–water partition coefficient (Wildman–Crippen LogP) is 1.35. The molecule has 0 aliphatic heterocycles. The summed E-state index contributed by atoms with van der Waals surface area (Å²) in [6, 6.07) is 0.222. The molecule has 0 saturated heterocycles. The van der Waals surface area contributed by atoms with Crippen molar-refractivity contribution in [1.82, 2.24) is 4.90 Å². The van der Waals surface area contributed by atoms with E-state index in [9.17, 15) is 0 Å². The van der Waals surface area contributed by atoms with E-state index < -0.39 is 0 Å². The Morgan fingerprint density at radius 2 is 1.90 bits per heavy atom. The van der Waals surface area contributed by atoms with Crippen molar-refractivity contribution in [2.75, 3.05) is 14.1 Å². The van der Waals surface area contributed by atoms with Gasteiger partial charge in [0, 0.05) is 14.1 Å². The molecule has 0 aromatic carbocycles. The van der Waals surface area contributed by atoms with Crippen LogP contribution in [0.1, 0.15) is 13.8 Å². The van der Waals surface area contributed by atoms with Crippen LogP contribution < -0.4 is 0 Å². The Balaban J connectivity index is 3.52. The van der Waals surface area contributed by atoms with Gasteiger partial charge in [-0.2, -0.15) is 5.11 Å². The average molecular weight is 142 g/mol. The van der Waals surface area contributed by atoms with Crippen molar-refractivity contribution < 1.29 is 0 Å². The highest BCUT2D eigenvalue weighted by atomic mass is 15.4. The molecule has 0 heterocycles. The molecule has 4 heteroatoms. The zero-order valence-electron chi connectivity index (χ0n) is 6.94. The van der Waals surface area contributed by atoms with E-state index in [4.69, 9.17) is 0 Å². The fraction of sp³-hybridized carbons (Fsp3) is 0.833. The first-order chi connectivity index (χ1) is 4.63. The predicted molar refractivity (Wildman–Crippen MR) is 42.2 cm³/mol. The third-order valence-electron chi connectivity index (χ3n) is 0.617. The van der Waals surface area contributed by atoms with E-state index in [0.717, 1.165) is 0 Å². The summed E-state index contributed by atoms with van der Waals surface area (Å²) in [5, 5.41) is 11.0. The number of nitrogens with zero attached hydrogens (tertiary/aromatic N) is 4. The Morgan fingerprint density at radius 3 is 2.30 bits per heavy atom. The minimum absolute atomic E-state index is 0.222. The fourth-order valence-electron chi connectivity index (χ4n) is 0.259. The van der Waals surface area contributed by atoms with Crippen LogP contribution in [0.15, 0.2) is 15.4 Å². The molecule has 0 radical (unpaired) electrons. The van der Waals surface area contributed by atoms with Gasteiger partial charge in [0.05, 0.1) is 6.04 Å². The van der Waals surface area contributed by atoms with E-state index in [-0.39, 0.29) is 6.04 Å². The summed E-state index contributed by atoms with van der Waals surface area (Å²) in [5.74, 6) is 0. The summed E-state index contributed by atoms with van der Waals surface area (Å²) >= 11 is 0. The van der Waals surface area contributed by atoms with Crippen LogP contribution in [-0.2, 0) is 0 Å². The average Bonchev–Trinajstić information content (AvgIpc) is 1.79. The highest BCUT2D eigenvalue weighted by molar-refractivity contribution is 5.53. The lowest BCUT2D eigenvalue weighted by molar-refractivity contribution is 0.635. The van der Waals surface area contributed by atoms with E-state index in [2.05, 4.69) is 15.4 Å². The van der Waals surface area contributed by atoms with Crippen LogP contribution in [0.2, 0.25) is 0 Å². The molecule has 0 N–H and O–H groups in total. The smallest absolute Gasteiger partial charge is 0.115 e. The maximum Gasteiger partial charge on any atom is 0.115 e. The molecule has 0 aromatic rings. The molecule has 0 atom stereocenters. The third kappa shape index (κ3) is 7.07. The maximum atomic E-state index is 3.80. The van der Waals surface area contributed by atoms with Gasteiger partial charge < -0.3 is 4.90 Å². The molecular weight excluding hydrogens is 128 g/mol. The Labute approximate surface area is 61.6 Å². The molecule has 4 nitrogen and oxygen atoms in total. The van der Waals surface area contributed by atoms with Crippen molar-refractivity contribution in [3.63, 3.8) is 0 Å². The van der Waals surface area contributed by atoms with Crippen molar-refractivity contribution in [1.29, 1.82) is 0 Å². The molecule has 0 fully saturated rings. The third-order valence-corrected chi connectivity index (χ3v) is 0.617. The van der Waals surface area contributed by atoms with Crippen LogP contribution in [0.5, 0.6) is 0 Å². The Morgan fingerprint density at radius 1 is 1.30 bits per heavy atom. The summed E-state index contributed by atoms with van der Waals surface area (Å²) in [5.41, 5.74) is 0. The normalized spacial score (nSPS) is 12.1. The molecule has 0 aromatic heterocycles. The van der Waals surface area contributed by atoms with Crippen LogP contribution >= 0.6 is 0 Å². The number of rotatable bonds is 3.